The Morgan fingerprint density at radius 1 is 1.14 bits per heavy atom. The molecule has 9 heteroatoms. The van der Waals surface area contributed by atoms with E-state index in [1.807, 2.05) is 0 Å². The summed E-state index contributed by atoms with van der Waals surface area (Å²) in [4.78, 5) is 22.3. The van der Waals surface area contributed by atoms with E-state index in [0.29, 0.717) is 40.1 Å². The third kappa shape index (κ3) is 7.85. The second-order valence-corrected chi connectivity index (χ2v) is 6.42. The first kappa shape index (κ1) is 21.5. The number of aliphatic carboxylic acids is 1. The van der Waals surface area contributed by atoms with E-state index >= 15 is 0 Å². The Morgan fingerprint density at radius 3 is 2.71 bits per heavy atom. The number of halogens is 2. The molecule has 0 fully saturated rings. The summed E-state index contributed by atoms with van der Waals surface area (Å²) < 4.78 is 10.6. The molecule has 0 saturated carbocycles. The molecule has 0 unspecified atom stereocenters. The number of nitrogens with one attached hydrogen (secondary N) is 1. The molecule has 0 aliphatic carbocycles. The van der Waals surface area contributed by atoms with Gasteiger partial charge in [0.2, 0.25) is 5.91 Å². The second kappa shape index (κ2) is 11.2. The van der Waals surface area contributed by atoms with Crippen LogP contribution in [0.25, 0.3) is 0 Å². The number of carbonyl (C=O) groups is 2. The molecule has 28 heavy (non-hydrogen) atoms. The fraction of sp³-hybridized carbons (Fsp3) is 0.211. The zero-order chi connectivity index (χ0) is 20.4. The number of carboxylic acids is 1. The summed E-state index contributed by atoms with van der Waals surface area (Å²) in [6, 6.07) is 11.6. The van der Waals surface area contributed by atoms with Crippen LogP contribution in [0.1, 0.15) is 18.4 Å². The van der Waals surface area contributed by atoms with Gasteiger partial charge in [0, 0.05) is 11.4 Å². The number of hydrazone groups is 1. The molecule has 0 heterocycles. The van der Waals surface area contributed by atoms with E-state index in [-0.39, 0.29) is 12.3 Å². The number of rotatable bonds is 10. The third-order valence-electron chi connectivity index (χ3n) is 3.32. The summed E-state index contributed by atoms with van der Waals surface area (Å²) >= 11 is 11.8. The summed E-state index contributed by atoms with van der Waals surface area (Å²) in [6.07, 6.45) is 2.15. The van der Waals surface area contributed by atoms with Crippen LogP contribution in [-0.4, -0.2) is 36.4 Å². The minimum atomic E-state index is -1.06. The van der Waals surface area contributed by atoms with Crippen molar-refractivity contribution < 1.29 is 24.2 Å². The van der Waals surface area contributed by atoms with Crippen molar-refractivity contribution in [1.29, 1.82) is 0 Å². The topological polar surface area (TPSA) is 97.2 Å². The van der Waals surface area contributed by atoms with Crippen molar-refractivity contribution in [3.63, 3.8) is 0 Å². The number of ether oxygens (including phenoxy) is 2. The first-order valence-electron chi connectivity index (χ1n) is 8.28. The molecule has 148 valence electrons. The van der Waals surface area contributed by atoms with Gasteiger partial charge in [0.15, 0.2) is 6.61 Å². The average molecular weight is 425 g/mol. The van der Waals surface area contributed by atoms with Crippen LogP contribution >= 0.6 is 23.2 Å². The van der Waals surface area contributed by atoms with E-state index in [1.165, 1.54) is 6.21 Å². The zero-order valence-corrected chi connectivity index (χ0v) is 16.2. The van der Waals surface area contributed by atoms with Crippen LogP contribution in [-0.2, 0) is 9.59 Å². The molecular formula is C19H18Cl2N2O5. The highest BCUT2D eigenvalue weighted by atomic mass is 35.5. The number of carbonyl (C=O) groups excluding carboxylic acids is 1. The molecule has 0 aliphatic heterocycles. The van der Waals surface area contributed by atoms with Crippen LogP contribution in [0.2, 0.25) is 10.0 Å². The van der Waals surface area contributed by atoms with Crippen LogP contribution in [0, 0.1) is 0 Å². The molecule has 0 bridgehead atoms. The van der Waals surface area contributed by atoms with Crippen molar-refractivity contribution in [3.8, 4) is 11.5 Å². The van der Waals surface area contributed by atoms with Crippen LogP contribution < -0.4 is 14.9 Å². The fourth-order valence-electron chi connectivity index (χ4n) is 2.07. The molecule has 0 spiro atoms. The quantitative estimate of drug-likeness (QED) is 0.343. The summed E-state index contributed by atoms with van der Waals surface area (Å²) in [5.74, 6) is -0.417. The molecule has 2 aromatic rings. The molecule has 2 N–H and O–H groups in total. The predicted octanol–water partition coefficient (Wildman–Crippen LogP) is 3.77. The number of carboxylic acid groups (broad SMARTS) is 1. The minimum Gasteiger partial charge on any atom is -0.492 e. The SMILES string of the molecule is O=C(O)COc1cccc(/C=N/NC(=O)CCCOc2ccc(Cl)cc2Cl)c1. The average Bonchev–Trinajstić information content (AvgIpc) is 2.65. The van der Waals surface area contributed by atoms with Crippen molar-refractivity contribution in [1.82, 2.24) is 5.43 Å². The molecule has 2 aromatic carbocycles. The molecule has 0 saturated heterocycles. The lowest BCUT2D eigenvalue weighted by atomic mass is 10.2. The summed E-state index contributed by atoms with van der Waals surface area (Å²) in [5, 5.41) is 13.4. The molecule has 0 aliphatic rings. The highest BCUT2D eigenvalue weighted by molar-refractivity contribution is 6.35. The van der Waals surface area contributed by atoms with E-state index in [2.05, 4.69) is 10.5 Å². The fourth-order valence-corrected chi connectivity index (χ4v) is 2.53. The Balaban J connectivity index is 1.70. The van der Waals surface area contributed by atoms with Crippen LogP contribution in [0.15, 0.2) is 47.6 Å². The van der Waals surface area contributed by atoms with E-state index in [0.717, 1.165) is 0 Å². The standard InChI is InChI=1S/C19H18Cl2N2O5/c20-14-6-7-17(16(21)10-14)27-8-2-5-18(24)23-22-11-13-3-1-4-15(9-13)28-12-19(25)26/h1,3-4,6-7,9-11H,2,5,8,12H2,(H,23,24)(H,25,26)/b22-11+. The van der Waals surface area contributed by atoms with Gasteiger partial charge in [0.1, 0.15) is 11.5 Å². The molecule has 7 nitrogen and oxygen atoms in total. The van der Waals surface area contributed by atoms with Gasteiger partial charge < -0.3 is 14.6 Å². The van der Waals surface area contributed by atoms with Gasteiger partial charge in [0.05, 0.1) is 17.8 Å². The number of benzene rings is 2. The Kier molecular flexibility index (Phi) is 8.58. The van der Waals surface area contributed by atoms with Gasteiger partial charge in [-0.25, -0.2) is 10.2 Å². The third-order valence-corrected chi connectivity index (χ3v) is 3.85. The van der Waals surface area contributed by atoms with Crippen LogP contribution in [0.3, 0.4) is 0 Å². The maximum Gasteiger partial charge on any atom is 0.341 e. The molecule has 0 aromatic heterocycles. The van der Waals surface area contributed by atoms with E-state index in [9.17, 15) is 9.59 Å². The highest BCUT2D eigenvalue weighted by Crippen LogP contribution is 2.27. The van der Waals surface area contributed by atoms with Crippen molar-refractivity contribution in [2.75, 3.05) is 13.2 Å². The number of hydrogen-bond donors (Lipinski definition) is 2. The van der Waals surface area contributed by atoms with Crippen molar-refractivity contribution >= 4 is 41.3 Å². The number of hydrogen-bond acceptors (Lipinski definition) is 5. The lowest BCUT2D eigenvalue weighted by Gasteiger charge is -2.07. The van der Waals surface area contributed by atoms with E-state index in [1.54, 1.807) is 42.5 Å². The van der Waals surface area contributed by atoms with Gasteiger partial charge in [0.25, 0.3) is 0 Å². The maximum atomic E-state index is 11.8. The smallest absolute Gasteiger partial charge is 0.341 e. The van der Waals surface area contributed by atoms with Crippen molar-refractivity contribution in [3.05, 3.63) is 58.1 Å². The summed E-state index contributed by atoms with van der Waals surface area (Å²) in [5.41, 5.74) is 3.07. The Labute approximate surface area is 171 Å². The summed E-state index contributed by atoms with van der Waals surface area (Å²) in [7, 11) is 0. The second-order valence-electron chi connectivity index (χ2n) is 5.57. The van der Waals surface area contributed by atoms with Gasteiger partial charge in [-0.15, -0.1) is 0 Å². The van der Waals surface area contributed by atoms with E-state index < -0.39 is 12.6 Å². The van der Waals surface area contributed by atoms with Gasteiger partial charge >= 0.3 is 5.97 Å². The summed E-state index contributed by atoms with van der Waals surface area (Å²) in [6.45, 7) is -0.109. The highest BCUT2D eigenvalue weighted by Gasteiger charge is 2.04. The first-order chi connectivity index (χ1) is 13.4. The van der Waals surface area contributed by atoms with Crippen LogP contribution in [0.4, 0.5) is 0 Å². The van der Waals surface area contributed by atoms with Gasteiger partial charge in [-0.3, -0.25) is 4.79 Å². The van der Waals surface area contributed by atoms with Gasteiger partial charge in [-0.05, 0) is 42.3 Å². The molecular weight excluding hydrogens is 407 g/mol. The Bertz CT molecular complexity index is 858. The molecule has 2 rings (SSSR count). The van der Waals surface area contributed by atoms with Gasteiger partial charge in [-0.1, -0.05) is 35.3 Å². The minimum absolute atomic E-state index is 0.226. The predicted molar refractivity (Wildman–Crippen MR) is 107 cm³/mol. The van der Waals surface area contributed by atoms with E-state index in [4.69, 9.17) is 37.8 Å². The van der Waals surface area contributed by atoms with Crippen LogP contribution in [0.5, 0.6) is 11.5 Å². The molecule has 0 atom stereocenters. The molecule has 1 amide bonds. The lowest BCUT2D eigenvalue weighted by molar-refractivity contribution is -0.139. The van der Waals surface area contributed by atoms with Gasteiger partial charge in [-0.2, -0.15) is 5.10 Å². The van der Waals surface area contributed by atoms with Crippen molar-refractivity contribution in [2.24, 2.45) is 5.10 Å². The lowest BCUT2D eigenvalue weighted by Crippen LogP contribution is -2.18. The first-order valence-corrected chi connectivity index (χ1v) is 9.04. The number of nitrogens with zero attached hydrogens (tertiary/aromatic N) is 1. The monoisotopic (exact) mass is 424 g/mol. The zero-order valence-electron chi connectivity index (χ0n) is 14.7. The van der Waals surface area contributed by atoms with Crippen molar-refractivity contribution in [2.45, 2.75) is 12.8 Å². The normalized spacial score (nSPS) is 10.6. The Hall–Kier alpha value is -2.77. The molecule has 0 radical (unpaired) electrons. The maximum absolute atomic E-state index is 11.8. The largest absolute Gasteiger partial charge is 0.492 e. The number of amides is 1. The Morgan fingerprint density at radius 2 is 1.96 bits per heavy atom.